The van der Waals surface area contributed by atoms with Gasteiger partial charge in [-0.3, -0.25) is 14.5 Å². The van der Waals surface area contributed by atoms with Crippen molar-refractivity contribution in [2.24, 2.45) is 11.8 Å². The normalized spacial score (nSPS) is 20.1. The summed E-state index contributed by atoms with van der Waals surface area (Å²) in [5.41, 5.74) is 5.42. The predicted octanol–water partition coefficient (Wildman–Crippen LogP) is 5.19. The number of amides is 3. The average Bonchev–Trinajstić information content (AvgIpc) is 3.96. The van der Waals surface area contributed by atoms with E-state index in [1.54, 1.807) is 0 Å². The molecule has 2 aliphatic rings. The Hall–Kier alpha value is -5.10. The van der Waals surface area contributed by atoms with Crippen LogP contribution in [-0.2, 0) is 24.2 Å². The Morgan fingerprint density at radius 2 is 1.65 bits per heavy atom. The Kier molecular flexibility index (Phi) is 12.3. The molecule has 0 spiro atoms. The van der Waals surface area contributed by atoms with E-state index in [0.29, 0.717) is 25.1 Å². The van der Waals surface area contributed by atoms with Crippen LogP contribution in [0, 0.1) is 11.8 Å². The highest BCUT2D eigenvalue weighted by Crippen LogP contribution is 2.39. The van der Waals surface area contributed by atoms with Crippen LogP contribution in [0.1, 0.15) is 51.4 Å². The molecule has 320 valence electrons. The minimum atomic E-state index is -3.32. The number of rotatable bonds is 12. The van der Waals surface area contributed by atoms with Crippen LogP contribution >= 0.6 is 0 Å². The number of carbonyl (C=O) groups excluding carboxylic acids is 3. The number of imidazole rings is 2. The molecule has 2 aliphatic heterocycles. The van der Waals surface area contributed by atoms with Crippen LogP contribution in [0.25, 0.3) is 44.2 Å². The molecule has 3 amide bonds. The van der Waals surface area contributed by atoms with Gasteiger partial charge < -0.3 is 35.3 Å². The Labute approximate surface area is 351 Å². The fourth-order valence-corrected chi connectivity index (χ4v) is 12.9. The van der Waals surface area contributed by atoms with Crippen molar-refractivity contribution in [3.05, 3.63) is 72.4 Å². The molecule has 0 bridgehead atoms. The smallest absolute Gasteiger partial charge is 0.407 e. The van der Waals surface area contributed by atoms with E-state index in [2.05, 4.69) is 81.1 Å². The molecule has 0 aliphatic carbocycles. The number of aromatic amines is 2. The number of H-pyrrole nitrogens is 2. The molecule has 5 N–H and O–H groups in total. The maximum Gasteiger partial charge on any atom is 0.407 e. The number of fused-ring (bicyclic) bond motifs is 3. The van der Waals surface area contributed by atoms with Crippen LogP contribution in [0.2, 0.25) is 19.1 Å². The fourth-order valence-electron chi connectivity index (χ4n) is 8.52. The quantitative estimate of drug-likeness (QED) is 0.104. The maximum atomic E-state index is 13.9. The van der Waals surface area contributed by atoms with Gasteiger partial charge >= 0.3 is 6.09 Å². The molecule has 2 aromatic heterocycles. The number of sulfone groups is 1. The zero-order chi connectivity index (χ0) is 43.1. The minimum absolute atomic E-state index is 0.0249. The molecule has 3 aromatic carbocycles. The lowest BCUT2D eigenvalue weighted by molar-refractivity contribution is -0.135. The summed E-state index contributed by atoms with van der Waals surface area (Å²) < 4.78 is 30.6. The summed E-state index contributed by atoms with van der Waals surface area (Å²) in [5, 5.41) is 16.9. The first kappa shape index (κ1) is 43.0. The van der Waals surface area contributed by atoms with Gasteiger partial charge in [0.1, 0.15) is 24.3 Å². The molecule has 2 fully saturated rings. The number of ether oxygens (including phenoxy) is 1. The van der Waals surface area contributed by atoms with Gasteiger partial charge in [-0.05, 0) is 52.1 Å². The summed E-state index contributed by atoms with van der Waals surface area (Å²) in [6, 6.07) is 17.6. The summed E-state index contributed by atoms with van der Waals surface area (Å²) in [6.07, 6.45) is 1.85. The Morgan fingerprint density at radius 1 is 0.933 bits per heavy atom. The van der Waals surface area contributed by atoms with Crippen molar-refractivity contribution in [3.63, 3.8) is 0 Å². The number of carbonyl (C=O) groups is 3. The van der Waals surface area contributed by atoms with Gasteiger partial charge in [0.15, 0.2) is 9.84 Å². The first-order valence-electron chi connectivity index (χ1n) is 20.5. The lowest BCUT2D eigenvalue weighted by atomic mass is 9.99. The number of aromatic nitrogens is 4. The van der Waals surface area contributed by atoms with Gasteiger partial charge in [0.2, 0.25) is 11.8 Å². The van der Waals surface area contributed by atoms with E-state index in [-0.39, 0.29) is 41.3 Å². The highest BCUT2D eigenvalue weighted by molar-refractivity contribution is 7.91. The van der Waals surface area contributed by atoms with E-state index in [9.17, 15) is 27.9 Å². The zero-order valence-corrected chi connectivity index (χ0v) is 37.1. The summed E-state index contributed by atoms with van der Waals surface area (Å²) in [5.74, 6) is 0.574. The molecule has 4 heterocycles. The number of alkyl carbamates (subject to hydrolysis) is 1. The second-order valence-electron chi connectivity index (χ2n) is 17.7. The molecule has 2 saturated heterocycles. The average molecular weight is 857 g/mol. The van der Waals surface area contributed by atoms with Crippen LogP contribution in [-0.4, -0.2) is 126 Å². The van der Waals surface area contributed by atoms with E-state index in [1.165, 1.54) is 7.11 Å². The largest absolute Gasteiger partial charge is 0.453 e. The van der Waals surface area contributed by atoms with Gasteiger partial charge in [0.25, 0.3) is 0 Å². The topological polar surface area (TPSA) is 203 Å². The van der Waals surface area contributed by atoms with E-state index in [1.807, 2.05) is 50.9 Å². The second kappa shape index (κ2) is 17.1. The number of hydrogen-bond donors (Lipinski definition) is 5. The number of aliphatic hydroxyl groups excluding tert-OH is 1. The van der Waals surface area contributed by atoms with Crippen molar-refractivity contribution in [2.75, 3.05) is 44.5 Å². The Morgan fingerprint density at radius 3 is 2.33 bits per heavy atom. The summed E-state index contributed by atoms with van der Waals surface area (Å²) in [6.45, 7) is 12.4. The van der Waals surface area contributed by atoms with Crippen LogP contribution in [0.15, 0.2) is 60.8 Å². The van der Waals surface area contributed by atoms with Crippen molar-refractivity contribution < 1.29 is 32.6 Å². The monoisotopic (exact) mass is 856 g/mol. The third kappa shape index (κ3) is 9.13. The van der Waals surface area contributed by atoms with Crippen LogP contribution in [0.3, 0.4) is 0 Å². The number of hydrogen-bond acceptors (Lipinski definition) is 10. The van der Waals surface area contributed by atoms with Crippen molar-refractivity contribution in [1.82, 2.24) is 40.4 Å². The number of benzene rings is 3. The molecule has 4 atom stereocenters. The number of nitrogens with one attached hydrogen (secondary N) is 4. The van der Waals surface area contributed by atoms with Gasteiger partial charge in [-0.1, -0.05) is 83.3 Å². The van der Waals surface area contributed by atoms with Crippen LogP contribution < -0.4 is 10.6 Å². The second-order valence-corrected chi connectivity index (χ2v) is 25.0. The number of methoxy groups -OCH3 is 1. The Balaban J connectivity index is 1.10. The predicted molar refractivity (Wildman–Crippen MR) is 234 cm³/mol. The number of aliphatic hydroxyl groups is 1. The van der Waals surface area contributed by atoms with E-state index in [4.69, 9.17) is 14.7 Å². The van der Waals surface area contributed by atoms with E-state index >= 15 is 0 Å². The molecule has 17 heteroatoms. The SMILES string of the molecule is COC(=O)N[C@H](C(=O)N1C[Si](C)(C)C[C@H]1c1ncc(-c2ccc(-c3ccc4c(ccc5nc([C@@H]6CS(=O)(=O)CCN6C[C@@H](NC(=O)CO)C(C)C)[nH]c54)c3)cc2)[nH]1)C(C)C. The van der Waals surface area contributed by atoms with Crippen LogP contribution in [0.5, 0.6) is 0 Å². The van der Waals surface area contributed by atoms with Crippen LogP contribution in [0.4, 0.5) is 4.79 Å². The Bertz CT molecular complexity index is 2500. The van der Waals surface area contributed by atoms with E-state index < -0.39 is 48.6 Å². The van der Waals surface area contributed by atoms with Crippen molar-refractivity contribution in [2.45, 2.75) is 71.0 Å². The summed E-state index contributed by atoms with van der Waals surface area (Å²) >= 11 is 0. The third-order valence-corrected chi connectivity index (χ3v) is 16.2. The lowest BCUT2D eigenvalue weighted by Crippen LogP contribution is -2.52. The van der Waals surface area contributed by atoms with Crippen molar-refractivity contribution >= 4 is 57.6 Å². The van der Waals surface area contributed by atoms with Gasteiger partial charge in [0.05, 0.1) is 61.7 Å². The van der Waals surface area contributed by atoms with Gasteiger partial charge in [-0.2, -0.15) is 0 Å². The summed E-state index contributed by atoms with van der Waals surface area (Å²) in [4.78, 5) is 58.7. The van der Waals surface area contributed by atoms with Crippen molar-refractivity contribution in [3.8, 4) is 22.4 Å². The zero-order valence-electron chi connectivity index (χ0n) is 35.3. The summed E-state index contributed by atoms with van der Waals surface area (Å²) in [7, 11) is -3.79. The number of nitrogens with zero attached hydrogens (tertiary/aromatic N) is 4. The molecule has 60 heavy (non-hydrogen) atoms. The molecular weight excluding hydrogens is 801 g/mol. The first-order chi connectivity index (χ1) is 28.5. The third-order valence-electron chi connectivity index (χ3n) is 11.9. The molecule has 0 radical (unpaired) electrons. The highest BCUT2D eigenvalue weighted by atomic mass is 32.2. The first-order valence-corrected chi connectivity index (χ1v) is 25.8. The van der Waals surface area contributed by atoms with E-state index in [0.717, 1.165) is 56.1 Å². The van der Waals surface area contributed by atoms with Gasteiger partial charge in [-0.15, -0.1) is 0 Å². The van der Waals surface area contributed by atoms with Gasteiger partial charge in [0, 0.05) is 30.7 Å². The molecular formula is C43H56N8O7SSi. The molecule has 15 nitrogen and oxygen atoms in total. The highest BCUT2D eigenvalue weighted by Gasteiger charge is 2.46. The molecule has 7 rings (SSSR count). The van der Waals surface area contributed by atoms with Gasteiger partial charge in [-0.25, -0.2) is 23.2 Å². The maximum absolute atomic E-state index is 13.9. The standard InChI is InChI=1S/C43H56N8O7SSi/c1-25(2)34(45-37(53)21-52)20-50-16-17-59(56,57)22-35(50)41-46-32-15-13-30-18-29(12-14-31(30)39(32)48-41)27-8-10-28(11-9-27)33-19-44-40(47-33)36-23-60(6,7)24-51(36)42(54)38(26(3)4)49-43(55)58-5/h8-15,18-19,25-26,34-36,38,52H,16-17,20-24H2,1-7H3,(H,44,47)(H,45,53)(H,46,48)(H,49,55)/t34-,35+,36+,38+/m1/s1. The lowest BCUT2D eigenvalue weighted by Gasteiger charge is -2.37. The molecule has 0 unspecified atom stereocenters. The fraction of sp³-hybridized carbons (Fsp3) is 0.465. The van der Waals surface area contributed by atoms with Crippen molar-refractivity contribution in [1.29, 1.82) is 0 Å². The molecule has 0 saturated carbocycles. The minimum Gasteiger partial charge on any atom is -0.453 e. The molecule has 5 aromatic rings.